The molecule has 26 heavy (non-hydrogen) atoms. The van der Waals surface area contributed by atoms with Gasteiger partial charge in [-0.3, -0.25) is 14.9 Å². The molecule has 0 radical (unpaired) electrons. The van der Waals surface area contributed by atoms with Crippen molar-refractivity contribution in [3.63, 3.8) is 0 Å². The fourth-order valence-corrected chi connectivity index (χ4v) is 5.72. The topological polar surface area (TPSA) is 81.9 Å². The molecule has 1 aromatic carbocycles. The molecule has 2 aliphatic heterocycles. The molecule has 140 valence electrons. The van der Waals surface area contributed by atoms with Gasteiger partial charge in [0.15, 0.2) is 11.5 Å². The number of ether oxygens (including phenoxy) is 2. The number of nitrogens with zero attached hydrogens (tertiary/aromatic N) is 2. The number of methoxy groups -OCH3 is 2. The van der Waals surface area contributed by atoms with Crippen molar-refractivity contribution in [1.82, 2.24) is 4.90 Å². The van der Waals surface area contributed by atoms with Crippen LogP contribution in [0, 0.1) is 27.9 Å². The number of hydrogen-bond donors (Lipinski definition) is 0. The van der Waals surface area contributed by atoms with Crippen molar-refractivity contribution in [2.45, 2.75) is 31.7 Å². The van der Waals surface area contributed by atoms with Gasteiger partial charge in [0.05, 0.1) is 19.8 Å². The molecule has 0 bridgehead atoms. The lowest BCUT2D eigenvalue weighted by molar-refractivity contribution is -0.491. The minimum Gasteiger partial charge on any atom is -0.493 e. The number of rotatable bonds is 4. The van der Waals surface area contributed by atoms with Gasteiger partial charge in [-0.15, -0.1) is 0 Å². The number of nitro groups is 1. The Kier molecular flexibility index (Phi) is 3.86. The van der Waals surface area contributed by atoms with E-state index < -0.39 is 5.54 Å². The summed E-state index contributed by atoms with van der Waals surface area (Å²) in [6.45, 7) is 2.67. The average Bonchev–Trinajstić information content (AvgIpc) is 3.03. The van der Waals surface area contributed by atoms with Gasteiger partial charge in [-0.25, -0.2) is 0 Å². The zero-order valence-electron chi connectivity index (χ0n) is 15.4. The maximum Gasteiger partial charge on any atom is 0.223 e. The normalized spacial score (nSPS) is 32.0. The molecular formula is C19H24N2O5. The summed E-state index contributed by atoms with van der Waals surface area (Å²) < 4.78 is 10.9. The molecule has 0 aromatic heterocycles. The summed E-state index contributed by atoms with van der Waals surface area (Å²) in [7, 11) is 3.22. The highest BCUT2D eigenvalue weighted by Gasteiger charge is 2.64. The molecular weight excluding hydrogens is 336 g/mol. The molecule has 2 unspecified atom stereocenters. The summed E-state index contributed by atoms with van der Waals surface area (Å²) in [5.41, 5.74) is 1.81. The van der Waals surface area contributed by atoms with Gasteiger partial charge in [-0.2, -0.15) is 0 Å². The monoisotopic (exact) mass is 360 g/mol. The van der Waals surface area contributed by atoms with Crippen LogP contribution in [0.4, 0.5) is 0 Å². The van der Waals surface area contributed by atoms with E-state index in [2.05, 4.69) is 6.92 Å². The first-order valence-electron chi connectivity index (χ1n) is 9.10. The Balaban J connectivity index is 1.88. The zero-order chi connectivity index (χ0) is 18.6. The first kappa shape index (κ1) is 17.1. The highest BCUT2D eigenvalue weighted by atomic mass is 16.6. The summed E-state index contributed by atoms with van der Waals surface area (Å²) in [5, 5.41) is 11.2. The van der Waals surface area contributed by atoms with Gasteiger partial charge < -0.3 is 14.4 Å². The molecule has 1 amide bonds. The molecule has 1 aromatic rings. The summed E-state index contributed by atoms with van der Waals surface area (Å²) in [6, 6.07) is 4.00. The van der Waals surface area contributed by atoms with E-state index in [1.54, 1.807) is 14.2 Å². The number of benzene rings is 1. The van der Waals surface area contributed by atoms with Crippen molar-refractivity contribution in [3.05, 3.63) is 33.4 Å². The van der Waals surface area contributed by atoms with E-state index in [1.807, 2.05) is 17.0 Å². The third kappa shape index (κ3) is 2.15. The standard InChI is InChI=1S/C19H24N2O5/c1-11-9-19-14-7-17(26-3)16(25-2)6-12(14)4-5-20(19)18(22)8-15(19)13(11)10-21(23)24/h6-7,11,13,15H,4-5,8-10H2,1-3H3/t11-,13+,15?,19?/m0/s1. The molecule has 3 aliphatic rings. The van der Waals surface area contributed by atoms with Crippen molar-refractivity contribution in [1.29, 1.82) is 0 Å². The minimum atomic E-state index is -0.440. The van der Waals surface area contributed by atoms with Crippen molar-refractivity contribution in [2.75, 3.05) is 27.3 Å². The van der Waals surface area contributed by atoms with Gasteiger partial charge in [0.2, 0.25) is 12.5 Å². The van der Waals surface area contributed by atoms with Gasteiger partial charge in [-0.05, 0) is 42.0 Å². The second kappa shape index (κ2) is 5.86. The Morgan fingerprint density at radius 2 is 2.00 bits per heavy atom. The number of hydrogen-bond acceptors (Lipinski definition) is 5. The largest absolute Gasteiger partial charge is 0.493 e. The molecule has 0 N–H and O–H groups in total. The van der Waals surface area contributed by atoms with Gasteiger partial charge in [0.1, 0.15) is 0 Å². The molecule has 7 heteroatoms. The molecule has 1 saturated carbocycles. The van der Waals surface area contributed by atoms with Crippen LogP contribution < -0.4 is 9.47 Å². The van der Waals surface area contributed by atoms with Gasteiger partial charge in [0.25, 0.3) is 0 Å². The zero-order valence-corrected chi connectivity index (χ0v) is 15.4. The summed E-state index contributed by atoms with van der Waals surface area (Å²) in [5.74, 6) is 1.54. The predicted molar refractivity (Wildman–Crippen MR) is 93.9 cm³/mol. The van der Waals surface area contributed by atoms with E-state index in [4.69, 9.17) is 9.47 Å². The Morgan fingerprint density at radius 3 is 2.65 bits per heavy atom. The second-order valence-electron chi connectivity index (χ2n) is 7.76. The van der Waals surface area contributed by atoms with Crippen LogP contribution in [0.5, 0.6) is 11.5 Å². The molecule has 4 rings (SSSR count). The van der Waals surface area contributed by atoms with Crippen LogP contribution in [0.1, 0.15) is 30.9 Å². The Morgan fingerprint density at radius 1 is 1.31 bits per heavy atom. The van der Waals surface area contributed by atoms with Gasteiger partial charge in [-0.1, -0.05) is 6.92 Å². The number of fused-ring (bicyclic) bond motifs is 1. The van der Waals surface area contributed by atoms with E-state index in [-0.39, 0.29) is 35.1 Å². The fourth-order valence-electron chi connectivity index (χ4n) is 5.72. The first-order valence-corrected chi connectivity index (χ1v) is 9.10. The molecule has 1 spiro atoms. The third-order valence-electron chi connectivity index (χ3n) is 6.71. The van der Waals surface area contributed by atoms with Gasteiger partial charge in [0, 0.05) is 29.7 Å². The molecule has 1 aliphatic carbocycles. The van der Waals surface area contributed by atoms with Crippen molar-refractivity contribution < 1.29 is 19.2 Å². The van der Waals surface area contributed by atoms with E-state index in [0.29, 0.717) is 24.5 Å². The average molecular weight is 360 g/mol. The SMILES string of the molecule is COc1cc2c(cc1OC)C13C[C@H](C)[C@@H](C[N+](=O)[O-])C1CC(=O)N3CC2. The van der Waals surface area contributed by atoms with Crippen molar-refractivity contribution in [3.8, 4) is 11.5 Å². The first-order chi connectivity index (χ1) is 12.4. The second-order valence-corrected chi connectivity index (χ2v) is 7.76. The lowest BCUT2D eigenvalue weighted by Crippen LogP contribution is -2.49. The maximum atomic E-state index is 12.7. The molecule has 2 fully saturated rings. The van der Waals surface area contributed by atoms with Crippen LogP contribution >= 0.6 is 0 Å². The van der Waals surface area contributed by atoms with Crippen LogP contribution in [0.2, 0.25) is 0 Å². The summed E-state index contributed by atoms with van der Waals surface area (Å²) >= 11 is 0. The number of amides is 1. The smallest absolute Gasteiger partial charge is 0.223 e. The molecule has 7 nitrogen and oxygen atoms in total. The molecule has 4 atom stereocenters. The highest BCUT2D eigenvalue weighted by Crippen LogP contribution is 2.61. The van der Waals surface area contributed by atoms with Gasteiger partial charge >= 0.3 is 0 Å². The third-order valence-corrected chi connectivity index (χ3v) is 6.71. The van der Waals surface area contributed by atoms with Crippen LogP contribution in [0.3, 0.4) is 0 Å². The van der Waals surface area contributed by atoms with E-state index in [9.17, 15) is 14.9 Å². The molecule has 2 heterocycles. The van der Waals surface area contributed by atoms with Crippen LogP contribution in [0.25, 0.3) is 0 Å². The van der Waals surface area contributed by atoms with Crippen molar-refractivity contribution >= 4 is 5.91 Å². The quantitative estimate of drug-likeness (QED) is 0.607. The minimum absolute atomic E-state index is 0.0208. The van der Waals surface area contributed by atoms with Crippen LogP contribution in [-0.2, 0) is 16.8 Å². The number of carbonyl (C=O) groups is 1. The fraction of sp³-hybridized carbons (Fsp3) is 0.632. The van der Waals surface area contributed by atoms with E-state index >= 15 is 0 Å². The lowest BCUT2D eigenvalue weighted by Gasteiger charge is -2.44. The highest BCUT2D eigenvalue weighted by molar-refractivity contribution is 5.82. The van der Waals surface area contributed by atoms with Crippen LogP contribution in [0.15, 0.2) is 12.1 Å². The maximum absolute atomic E-state index is 12.7. The Labute approximate surface area is 152 Å². The molecule has 1 saturated heterocycles. The summed E-state index contributed by atoms with van der Waals surface area (Å²) in [6.07, 6.45) is 1.94. The predicted octanol–water partition coefficient (Wildman–Crippen LogP) is 2.24. The van der Waals surface area contributed by atoms with Crippen molar-refractivity contribution in [2.24, 2.45) is 17.8 Å². The van der Waals surface area contributed by atoms with Crippen LogP contribution in [-0.4, -0.2) is 43.0 Å². The van der Waals surface area contributed by atoms with E-state index in [1.165, 1.54) is 0 Å². The lowest BCUT2D eigenvalue weighted by atomic mass is 9.74. The Bertz CT molecular complexity index is 779. The Hall–Kier alpha value is -2.31. The number of carbonyl (C=O) groups excluding carboxylic acids is 1. The summed E-state index contributed by atoms with van der Waals surface area (Å²) in [4.78, 5) is 25.7. The van der Waals surface area contributed by atoms with E-state index in [0.717, 1.165) is 24.0 Å².